The van der Waals surface area contributed by atoms with Crippen LogP contribution in [-0.4, -0.2) is 22.6 Å². The fourth-order valence-electron chi connectivity index (χ4n) is 1.49. The van der Waals surface area contributed by atoms with Gasteiger partial charge >= 0.3 is 0 Å². The van der Waals surface area contributed by atoms with Gasteiger partial charge in [0.05, 0.1) is 34.3 Å². The average Bonchev–Trinajstić information content (AvgIpc) is 3.06. The molecule has 2 heterocycles. The van der Waals surface area contributed by atoms with E-state index >= 15 is 0 Å². The van der Waals surface area contributed by atoms with Crippen molar-refractivity contribution in [2.45, 2.75) is 19.9 Å². The first kappa shape index (κ1) is 14.7. The van der Waals surface area contributed by atoms with Crippen molar-refractivity contribution in [1.82, 2.24) is 10.3 Å². The molecule has 0 bridgehead atoms. The highest BCUT2D eigenvalue weighted by Gasteiger charge is 2.08. The first-order valence-corrected chi connectivity index (χ1v) is 7.82. The molecular weight excluding hydrogens is 292 g/mol. The van der Waals surface area contributed by atoms with E-state index in [-0.39, 0.29) is 12.5 Å². The highest BCUT2D eigenvalue weighted by molar-refractivity contribution is 7.10. The minimum atomic E-state index is -0.123. The molecule has 0 fully saturated rings. The molecule has 0 aliphatic rings. The molecule has 0 saturated carbocycles. The highest BCUT2D eigenvalue weighted by Crippen LogP contribution is 2.14. The third kappa shape index (κ3) is 4.17. The van der Waals surface area contributed by atoms with Crippen LogP contribution in [0.2, 0.25) is 0 Å². The Morgan fingerprint density at radius 2 is 2.30 bits per heavy atom. The molecule has 0 aromatic carbocycles. The molecule has 2 aromatic heterocycles. The number of thiophene rings is 1. The lowest BCUT2D eigenvalue weighted by molar-refractivity contribution is 0.0951. The van der Waals surface area contributed by atoms with Crippen molar-refractivity contribution >= 4 is 28.6 Å². The van der Waals surface area contributed by atoms with Crippen molar-refractivity contribution in [2.24, 2.45) is 0 Å². The molecule has 4 nitrogen and oxygen atoms in total. The largest absolute Gasteiger partial charge is 0.395 e. The van der Waals surface area contributed by atoms with E-state index in [4.69, 9.17) is 5.11 Å². The second-order valence-corrected chi connectivity index (χ2v) is 5.99. The van der Waals surface area contributed by atoms with Crippen LogP contribution in [0.15, 0.2) is 16.8 Å². The number of rotatable bonds is 4. The second kappa shape index (κ2) is 7.20. The zero-order valence-electron chi connectivity index (χ0n) is 11.0. The lowest BCUT2D eigenvalue weighted by Crippen LogP contribution is -2.22. The van der Waals surface area contributed by atoms with E-state index in [1.54, 1.807) is 22.8 Å². The Morgan fingerprint density at radius 1 is 1.45 bits per heavy atom. The molecule has 0 aliphatic carbocycles. The summed E-state index contributed by atoms with van der Waals surface area (Å²) in [5.74, 6) is 5.63. The number of nitrogens with zero attached hydrogens (tertiary/aromatic N) is 1. The number of aromatic nitrogens is 1. The van der Waals surface area contributed by atoms with Crippen LogP contribution in [0, 0.1) is 18.8 Å². The molecule has 2 rings (SSSR count). The van der Waals surface area contributed by atoms with Gasteiger partial charge in [-0.1, -0.05) is 11.8 Å². The van der Waals surface area contributed by atoms with Gasteiger partial charge in [-0.05, 0) is 13.0 Å². The SMILES string of the molecule is Cc1nc(CNC(=O)c2csc(C#CCCO)c2)cs1. The van der Waals surface area contributed by atoms with Crippen LogP contribution in [-0.2, 0) is 6.54 Å². The molecule has 0 aliphatic heterocycles. The van der Waals surface area contributed by atoms with E-state index in [1.807, 2.05) is 12.3 Å². The van der Waals surface area contributed by atoms with E-state index in [0.717, 1.165) is 15.6 Å². The second-order valence-electron chi connectivity index (χ2n) is 4.02. The Morgan fingerprint density at radius 3 is 3.00 bits per heavy atom. The Hall–Kier alpha value is -1.68. The van der Waals surface area contributed by atoms with Gasteiger partial charge < -0.3 is 10.4 Å². The number of hydrogen-bond acceptors (Lipinski definition) is 5. The summed E-state index contributed by atoms with van der Waals surface area (Å²) in [4.78, 5) is 17.1. The number of carbonyl (C=O) groups is 1. The predicted octanol–water partition coefficient (Wildman–Crippen LogP) is 2.18. The van der Waals surface area contributed by atoms with E-state index in [1.165, 1.54) is 11.3 Å². The summed E-state index contributed by atoms with van der Waals surface area (Å²) in [6, 6.07) is 1.76. The molecule has 20 heavy (non-hydrogen) atoms. The lowest BCUT2D eigenvalue weighted by Gasteiger charge is -2.00. The molecule has 2 N–H and O–H groups in total. The Kier molecular flexibility index (Phi) is 5.30. The number of hydrogen-bond donors (Lipinski definition) is 2. The van der Waals surface area contributed by atoms with Crippen LogP contribution in [0.25, 0.3) is 0 Å². The van der Waals surface area contributed by atoms with Gasteiger partial charge in [-0.2, -0.15) is 0 Å². The summed E-state index contributed by atoms with van der Waals surface area (Å²) >= 11 is 2.99. The van der Waals surface area contributed by atoms with Crippen molar-refractivity contribution in [2.75, 3.05) is 6.61 Å². The summed E-state index contributed by atoms with van der Waals surface area (Å²) in [5, 5.41) is 16.2. The van der Waals surface area contributed by atoms with Gasteiger partial charge in [-0.25, -0.2) is 4.98 Å². The highest BCUT2D eigenvalue weighted by atomic mass is 32.1. The van der Waals surface area contributed by atoms with Crippen molar-refractivity contribution in [3.05, 3.63) is 38.0 Å². The Balaban J connectivity index is 1.91. The molecule has 0 unspecified atom stereocenters. The fourth-order valence-corrected chi connectivity index (χ4v) is 2.86. The molecule has 0 saturated heterocycles. The first-order valence-electron chi connectivity index (χ1n) is 6.06. The zero-order chi connectivity index (χ0) is 14.4. The van der Waals surface area contributed by atoms with Crippen LogP contribution in [0.3, 0.4) is 0 Å². The van der Waals surface area contributed by atoms with Crippen molar-refractivity contribution in [3.63, 3.8) is 0 Å². The topological polar surface area (TPSA) is 62.2 Å². The minimum absolute atomic E-state index is 0.0543. The summed E-state index contributed by atoms with van der Waals surface area (Å²) in [6.45, 7) is 2.43. The predicted molar refractivity (Wildman–Crippen MR) is 80.9 cm³/mol. The summed E-state index contributed by atoms with van der Waals surface area (Å²) < 4.78 is 0. The van der Waals surface area contributed by atoms with E-state index in [9.17, 15) is 4.79 Å². The van der Waals surface area contributed by atoms with Gasteiger partial charge in [0, 0.05) is 17.2 Å². The maximum Gasteiger partial charge on any atom is 0.252 e. The van der Waals surface area contributed by atoms with E-state index in [2.05, 4.69) is 22.1 Å². The van der Waals surface area contributed by atoms with Crippen molar-refractivity contribution in [1.29, 1.82) is 0 Å². The van der Waals surface area contributed by atoms with Crippen LogP contribution >= 0.6 is 22.7 Å². The van der Waals surface area contributed by atoms with Crippen LogP contribution in [0.5, 0.6) is 0 Å². The van der Waals surface area contributed by atoms with Crippen LogP contribution in [0.4, 0.5) is 0 Å². The smallest absolute Gasteiger partial charge is 0.252 e. The quantitative estimate of drug-likeness (QED) is 0.851. The number of aryl methyl sites for hydroxylation is 1. The number of aliphatic hydroxyl groups excluding tert-OH is 1. The lowest BCUT2D eigenvalue weighted by atomic mass is 10.3. The minimum Gasteiger partial charge on any atom is -0.395 e. The maximum atomic E-state index is 12.0. The molecule has 0 spiro atoms. The fraction of sp³-hybridized carbons (Fsp3) is 0.286. The average molecular weight is 306 g/mol. The molecule has 104 valence electrons. The zero-order valence-corrected chi connectivity index (χ0v) is 12.6. The van der Waals surface area contributed by atoms with Crippen molar-refractivity contribution < 1.29 is 9.90 Å². The Labute approximate surface area is 125 Å². The number of amides is 1. The number of nitrogens with one attached hydrogen (secondary N) is 1. The van der Waals surface area contributed by atoms with E-state index < -0.39 is 0 Å². The van der Waals surface area contributed by atoms with Gasteiger partial charge in [0.25, 0.3) is 5.91 Å². The normalized spacial score (nSPS) is 9.90. The number of thiazole rings is 1. The summed E-state index contributed by atoms with van der Waals surface area (Å²) in [6.07, 6.45) is 0.447. The van der Waals surface area contributed by atoms with Gasteiger partial charge in [-0.3, -0.25) is 4.79 Å². The Bertz CT molecular complexity index is 649. The molecule has 1 amide bonds. The molecular formula is C14H14N2O2S2. The standard InChI is InChI=1S/C14H14N2O2S2/c1-10-16-12(9-19-10)7-15-14(18)11-6-13(20-8-11)4-2-3-5-17/h6,8-9,17H,3,5,7H2,1H3,(H,15,18). The maximum absolute atomic E-state index is 12.0. The van der Waals surface area contributed by atoms with Gasteiger partial charge in [-0.15, -0.1) is 22.7 Å². The van der Waals surface area contributed by atoms with Crippen molar-refractivity contribution in [3.8, 4) is 11.8 Å². The summed E-state index contributed by atoms with van der Waals surface area (Å²) in [7, 11) is 0. The van der Waals surface area contributed by atoms with Crippen LogP contribution in [0.1, 0.15) is 32.4 Å². The number of aliphatic hydroxyl groups is 1. The molecule has 0 radical (unpaired) electrons. The van der Waals surface area contributed by atoms with Crippen LogP contribution < -0.4 is 5.32 Å². The summed E-state index contributed by atoms with van der Waals surface area (Å²) in [5.41, 5.74) is 1.48. The van der Waals surface area contributed by atoms with Gasteiger partial charge in [0.2, 0.25) is 0 Å². The van der Waals surface area contributed by atoms with Gasteiger partial charge in [0.15, 0.2) is 0 Å². The van der Waals surface area contributed by atoms with Gasteiger partial charge in [0.1, 0.15) is 0 Å². The third-order valence-electron chi connectivity index (χ3n) is 2.41. The third-order valence-corrected chi connectivity index (χ3v) is 4.07. The molecule has 6 heteroatoms. The molecule has 2 aromatic rings. The monoisotopic (exact) mass is 306 g/mol. The number of carbonyl (C=O) groups excluding carboxylic acids is 1. The molecule has 0 atom stereocenters. The first-order chi connectivity index (χ1) is 9.69. The van der Waals surface area contributed by atoms with E-state index in [0.29, 0.717) is 18.5 Å².